The molecule has 0 amide bonds. The fraction of sp³-hybridized carbons (Fsp3) is 0.231. The Labute approximate surface area is 103 Å². The zero-order chi connectivity index (χ0) is 12.5. The summed E-state index contributed by atoms with van der Waals surface area (Å²) in [5.74, 6) is 0.994. The number of ether oxygens (including phenoxy) is 1. The largest absolute Gasteiger partial charge is 0.508 e. The van der Waals surface area contributed by atoms with Gasteiger partial charge in [0.2, 0.25) is 0 Å². The number of fused-ring (bicyclic) bond motifs is 3. The molecule has 0 spiro atoms. The molecule has 0 unspecified atom stereocenters. The maximum atomic E-state index is 9.44. The first kappa shape index (κ1) is 11.0. The van der Waals surface area contributed by atoms with E-state index in [4.69, 9.17) is 4.74 Å². The SMILES string of the molecule is CCOCc1nc2c(cnc3cc(O)ccc32)[nH]1. The molecule has 0 aliphatic rings. The fourth-order valence-electron chi connectivity index (χ4n) is 1.96. The zero-order valence-corrected chi connectivity index (χ0v) is 9.97. The lowest BCUT2D eigenvalue weighted by molar-refractivity contribution is 0.129. The van der Waals surface area contributed by atoms with Crippen molar-refractivity contribution in [2.75, 3.05) is 6.61 Å². The molecule has 92 valence electrons. The number of imidazole rings is 1. The summed E-state index contributed by atoms with van der Waals surface area (Å²) in [5.41, 5.74) is 2.47. The van der Waals surface area contributed by atoms with Crippen molar-refractivity contribution in [1.82, 2.24) is 15.0 Å². The van der Waals surface area contributed by atoms with Crippen molar-refractivity contribution in [2.45, 2.75) is 13.5 Å². The predicted molar refractivity (Wildman–Crippen MR) is 68.4 cm³/mol. The monoisotopic (exact) mass is 243 g/mol. The van der Waals surface area contributed by atoms with Gasteiger partial charge in [-0.05, 0) is 19.1 Å². The highest BCUT2D eigenvalue weighted by atomic mass is 16.5. The number of nitrogens with zero attached hydrogens (tertiary/aromatic N) is 2. The average molecular weight is 243 g/mol. The van der Waals surface area contributed by atoms with Crippen LogP contribution in [0.25, 0.3) is 21.9 Å². The molecule has 0 aliphatic heterocycles. The normalized spacial score (nSPS) is 11.4. The highest BCUT2D eigenvalue weighted by Crippen LogP contribution is 2.24. The Balaban J connectivity index is 2.17. The van der Waals surface area contributed by atoms with E-state index in [2.05, 4.69) is 15.0 Å². The number of benzene rings is 1. The van der Waals surface area contributed by atoms with Gasteiger partial charge in [-0.1, -0.05) is 0 Å². The van der Waals surface area contributed by atoms with Gasteiger partial charge in [0.15, 0.2) is 0 Å². The minimum Gasteiger partial charge on any atom is -0.508 e. The molecular weight excluding hydrogens is 230 g/mol. The van der Waals surface area contributed by atoms with Crippen LogP contribution in [0.1, 0.15) is 12.7 Å². The summed E-state index contributed by atoms with van der Waals surface area (Å²) in [4.78, 5) is 12.0. The molecule has 5 nitrogen and oxygen atoms in total. The van der Waals surface area contributed by atoms with Crippen LogP contribution in [-0.4, -0.2) is 26.7 Å². The number of hydrogen-bond donors (Lipinski definition) is 2. The summed E-state index contributed by atoms with van der Waals surface area (Å²) in [7, 11) is 0. The van der Waals surface area contributed by atoms with E-state index < -0.39 is 0 Å². The number of rotatable bonds is 3. The van der Waals surface area contributed by atoms with E-state index in [-0.39, 0.29) is 5.75 Å². The molecule has 0 saturated carbocycles. The molecular formula is C13H13N3O2. The smallest absolute Gasteiger partial charge is 0.133 e. The van der Waals surface area contributed by atoms with Gasteiger partial charge in [0.25, 0.3) is 0 Å². The lowest BCUT2D eigenvalue weighted by atomic mass is 10.2. The van der Waals surface area contributed by atoms with Gasteiger partial charge < -0.3 is 14.8 Å². The van der Waals surface area contributed by atoms with Crippen LogP contribution in [0.4, 0.5) is 0 Å². The summed E-state index contributed by atoms with van der Waals surface area (Å²) >= 11 is 0. The van der Waals surface area contributed by atoms with Gasteiger partial charge in [0.1, 0.15) is 18.2 Å². The highest BCUT2D eigenvalue weighted by Gasteiger charge is 2.08. The summed E-state index contributed by atoms with van der Waals surface area (Å²) in [6, 6.07) is 5.09. The minimum absolute atomic E-state index is 0.208. The summed E-state index contributed by atoms with van der Waals surface area (Å²) < 4.78 is 5.33. The van der Waals surface area contributed by atoms with Gasteiger partial charge in [-0.3, -0.25) is 4.98 Å². The van der Waals surface area contributed by atoms with Crippen LogP contribution in [0.15, 0.2) is 24.4 Å². The Morgan fingerprint density at radius 3 is 3.11 bits per heavy atom. The van der Waals surface area contributed by atoms with Crippen LogP contribution in [0.5, 0.6) is 5.75 Å². The van der Waals surface area contributed by atoms with Gasteiger partial charge in [0.05, 0.1) is 22.7 Å². The second-order valence-electron chi connectivity index (χ2n) is 4.04. The number of phenolic OH excluding ortho intramolecular Hbond substituents is 1. The first-order valence-electron chi connectivity index (χ1n) is 5.82. The third-order valence-corrected chi connectivity index (χ3v) is 2.79. The number of aromatic hydroxyl groups is 1. The average Bonchev–Trinajstić information content (AvgIpc) is 2.79. The number of aromatic amines is 1. The van der Waals surface area contributed by atoms with Crippen molar-refractivity contribution in [2.24, 2.45) is 0 Å². The Morgan fingerprint density at radius 1 is 1.39 bits per heavy atom. The zero-order valence-electron chi connectivity index (χ0n) is 9.97. The first-order chi connectivity index (χ1) is 8.78. The number of aromatic nitrogens is 3. The molecule has 18 heavy (non-hydrogen) atoms. The molecule has 0 aliphatic carbocycles. The Kier molecular flexibility index (Phi) is 2.60. The van der Waals surface area contributed by atoms with Gasteiger partial charge in [0, 0.05) is 18.1 Å². The third-order valence-electron chi connectivity index (χ3n) is 2.79. The minimum atomic E-state index is 0.208. The number of nitrogens with one attached hydrogen (secondary N) is 1. The van der Waals surface area contributed by atoms with Crippen molar-refractivity contribution in [3.8, 4) is 5.75 Å². The topological polar surface area (TPSA) is 71.0 Å². The van der Waals surface area contributed by atoms with E-state index in [0.717, 1.165) is 27.8 Å². The van der Waals surface area contributed by atoms with Crippen LogP contribution in [0.3, 0.4) is 0 Å². The molecule has 0 radical (unpaired) electrons. The molecule has 2 heterocycles. The van der Waals surface area contributed by atoms with E-state index in [1.165, 1.54) is 0 Å². The van der Waals surface area contributed by atoms with E-state index >= 15 is 0 Å². The quantitative estimate of drug-likeness (QED) is 0.740. The Bertz CT molecular complexity index is 706. The molecule has 2 aromatic heterocycles. The molecule has 0 bridgehead atoms. The third kappa shape index (κ3) is 1.78. The van der Waals surface area contributed by atoms with Gasteiger partial charge in [-0.25, -0.2) is 4.98 Å². The maximum Gasteiger partial charge on any atom is 0.133 e. The summed E-state index contributed by atoms with van der Waals surface area (Å²) in [6.07, 6.45) is 1.72. The number of pyridine rings is 1. The molecule has 2 N–H and O–H groups in total. The van der Waals surface area contributed by atoms with Crippen molar-refractivity contribution < 1.29 is 9.84 Å². The molecule has 0 saturated heterocycles. The van der Waals surface area contributed by atoms with Crippen LogP contribution in [0.2, 0.25) is 0 Å². The molecule has 3 rings (SSSR count). The lowest BCUT2D eigenvalue weighted by Gasteiger charge is -1.98. The molecule has 5 heteroatoms. The first-order valence-corrected chi connectivity index (χ1v) is 5.82. The van der Waals surface area contributed by atoms with Crippen LogP contribution in [0, 0.1) is 0 Å². The second kappa shape index (κ2) is 4.27. The second-order valence-corrected chi connectivity index (χ2v) is 4.04. The van der Waals surface area contributed by atoms with Crippen molar-refractivity contribution in [1.29, 1.82) is 0 Å². The Morgan fingerprint density at radius 2 is 2.28 bits per heavy atom. The summed E-state index contributed by atoms with van der Waals surface area (Å²) in [6.45, 7) is 3.07. The van der Waals surface area contributed by atoms with Gasteiger partial charge in [-0.2, -0.15) is 0 Å². The van der Waals surface area contributed by atoms with E-state index in [1.807, 2.05) is 13.0 Å². The van der Waals surface area contributed by atoms with Crippen LogP contribution < -0.4 is 0 Å². The van der Waals surface area contributed by atoms with E-state index in [9.17, 15) is 5.11 Å². The molecule has 1 aromatic carbocycles. The summed E-state index contributed by atoms with van der Waals surface area (Å²) in [5, 5.41) is 10.4. The molecule has 3 aromatic rings. The van der Waals surface area contributed by atoms with Crippen molar-refractivity contribution in [3.63, 3.8) is 0 Å². The van der Waals surface area contributed by atoms with Gasteiger partial charge >= 0.3 is 0 Å². The number of phenols is 1. The highest BCUT2D eigenvalue weighted by molar-refractivity contribution is 6.02. The lowest BCUT2D eigenvalue weighted by Crippen LogP contribution is -1.93. The number of H-pyrrole nitrogens is 1. The maximum absolute atomic E-state index is 9.44. The van der Waals surface area contributed by atoms with E-state index in [0.29, 0.717) is 13.2 Å². The standard InChI is InChI=1S/C13H13N3O2/c1-2-18-7-12-15-11-6-14-10-5-8(17)3-4-9(10)13(11)16-12/h3-6,17H,2,7H2,1H3,(H,15,16). The number of hydrogen-bond acceptors (Lipinski definition) is 4. The molecule has 0 atom stereocenters. The van der Waals surface area contributed by atoms with Crippen LogP contribution in [-0.2, 0) is 11.3 Å². The fourth-order valence-corrected chi connectivity index (χ4v) is 1.96. The Hall–Kier alpha value is -2.14. The van der Waals surface area contributed by atoms with Crippen LogP contribution >= 0.6 is 0 Å². The predicted octanol–water partition coefficient (Wildman–Crippen LogP) is 2.35. The van der Waals surface area contributed by atoms with Crippen molar-refractivity contribution in [3.05, 3.63) is 30.2 Å². The molecule has 0 fully saturated rings. The van der Waals surface area contributed by atoms with Crippen molar-refractivity contribution >= 4 is 21.9 Å². The van der Waals surface area contributed by atoms with E-state index in [1.54, 1.807) is 18.3 Å². The van der Waals surface area contributed by atoms with Gasteiger partial charge in [-0.15, -0.1) is 0 Å².